The van der Waals surface area contributed by atoms with Crippen molar-refractivity contribution in [3.63, 3.8) is 0 Å². The van der Waals surface area contributed by atoms with Crippen molar-refractivity contribution in [1.82, 2.24) is 15.3 Å². The van der Waals surface area contributed by atoms with Crippen LogP contribution in [-0.4, -0.2) is 46.4 Å². The van der Waals surface area contributed by atoms with Crippen LogP contribution in [0.25, 0.3) is 0 Å². The number of thioether (sulfide) groups is 1. The lowest BCUT2D eigenvalue weighted by Crippen LogP contribution is -2.44. The van der Waals surface area contributed by atoms with Gasteiger partial charge in [-0.2, -0.15) is 0 Å². The fraction of sp³-hybridized carbons (Fsp3) is 0.538. The van der Waals surface area contributed by atoms with Gasteiger partial charge < -0.3 is 10.2 Å². The van der Waals surface area contributed by atoms with E-state index in [-0.39, 0.29) is 11.8 Å². The van der Waals surface area contributed by atoms with E-state index in [1.807, 2.05) is 0 Å². The van der Waals surface area contributed by atoms with Gasteiger partial charge in [0.05, 0.1) is 18.7 Å². The Morgan fingerprint density at radius 1 is 1.45 bits per heavy atom. The molecule has 0 spiro atoms. The molecule has 1 amide bonds. The van der Waals surface area contributed by atoms with Crippen LogP contribution in [0.2, 0.25) is 0 Å². The molecule has 0 aromatic carbocycles. The van der Waals surface area contributed by atoms with Gasteiger partial charge in [-0.25, -0.2) is 4.98 Å². The Morgan fingerprint density at radius 3 is 3.15 bits per heavy atom. The van der Waals surface area contributed by atoms with Gasteiger partial charge in [0.2, 0.25) is 5.91 Å². The molecular formula is C13H17N5OS. The molecule has 106 valence electrons. The number of carbonyl (C=O) groups excluding carboxylic acids is 1. The van der Waals surface area contributed by atoms with Crippen LogP contribution in [0.4, 0.5) is 5.82 Å². The molecule has 0 radical (unpaired) electrons. The van der Waals surface area contributed by atoms with E-state index in [1.54, 1.807) is 30.4 Å². The predicted octanol–water partition coefficient (Wildman–Crippen LogP) is 0.912. The maximum atomic E-state index is 12.3. The van der Waals surface area contributed by atoms with Gasteiger partial charge in [-0.05, 0) is 12.8 Å². The van der Waals surface area contributed by atoms with Gasteiger partial charge in [-0.3, -0.25) is 14.8 Å². The van der Waals surface area contributed by atoms with Gasteiger partial charge >= 0.3 is 0 Å². The maximum Gasteiger partial charge on any atom is 0.230 e. The summed E-state index contributed by atoms with van der Waals surface area (Å²) in [6, 6.07) is 0. The molecular weight excluding hydrogens is 274 g/mol. The molecule has 7 heteroatoms. The van der Waals surface area contributed by atoms with Crippen LogP contribution in [0.5, 0.6) is 0 Å². The van der Waals surface area contributed by atoms with Gasteiger partial charge in [0.15, 0.2) is 5.17 Å². The van der Waals surface area contributed by atoms with Crippen molar-refractivity contribution < 1.29 is 4.79 Å². The average Bonchev–Trinajstić information content (AvgIpc) is 3.01. The summed E-state index contributed by atoms with van der Waals surface area (Å²) in [5.41, 5.74) is 0. The lowest BCUT2D eigenvalue weighted by Gasteiger charge is -2.32. The topological polar surface area (TPSA) is 70.5 Å². The summed E-state index contributed by atoms with van der Waals surface area (Å²) in [6.07, 6.45) is 7.00. The van der Waals surface area contributed by atoms with Gasteiger partial charge in [-0.15, -0.1) is 0 Å². The molecule has 1 fully saturated rings. The van der Waals surface area contributed by atoms with Crippen molar-refractivity contribution in [2.45, 2.75) is 12.8 Å². The zero-order valence-electron chi connectivity index (χ0n) is 11.2. The third kappa shape index (κ3) is 3.09. The van der Waals surface area contributed by atoms with Crippen molar-refractivity contribution >= 4 is 28.7 Å². The minimum Gasteiger partial charge on any atom is -0.355 e. The fourth-order valence-electron chi connectivity index (χ4n) is 2.47. The molecule has 0 bridgehead atoms. The van der Waals surface area contributed by atoms with Crippen LogP contribution in [0.3, 0.4) is 0 Å². The third-order valence-corrected chi connectivity index (χ3v) is 4.37. The highest BCUT2D eigenvalue weighted by molar-refractivity contribution is 8.14. The van der Waals surface area contributed by atoms with E-state index < -0.39 is 0 Å². The number of hydrogen-bond acceptors (Lipinski definition) is 6. The first-order valence-electron chi connectivity index (χ1n) is 6.82. The quantitative estimate of drug-likeness (QED) is 0.877. The van der Waals surface area contributed by atoms with Crippen molar-refractivity contribution in [2.24, 2.45) is 10.9 Å². The molecule has 2 aliphatic rings. The van der Waals surface area contributed by atoms with E-state index in [9.17, 15) is 4.79 Å². The van der Waals surface area contributed by atoms with Crippen molar-refractivity contribution in [3.8, 4) is 0 Å². The van der Waals surface area contributed by atoms with E-state index in [1.165, 1.54) is 0 Å². The van der Waals surface area contributed by atoms with Crippen LogP contribution in [0.15, 0.2) is 23.6 Å². The lowest BCUT2D eigenvalue weighted by molar-refractivity contribution is -0.123. The molecule has 1 aromatic heterocycles. The van der Waals surface area contributed by atoms with Crippen LogP contribution in [0.1, 0.15) is 12.8 Å². The second kappa shape index (κ2) is 6.21. The molecule has 0 saturated carbocycles. The second-order valence-electron chi connectivity index (χ2n) is 4.87. The van der Waals surface area contributed by atoms with Crippen molar-refractivity contribution in [1.29, 1.82) is 0 Å². The number of amidine groups is 1. The standard InChI is InChI=1S/C13H17N5OS/c19-12(17-13-16-5-7-20-13)10-2-1-6-18(9-10)11-8-14-3-4-15-11/h3-4,8,10H,1-2,5-7,9H2,(H,16,17,19)/t10-/m0/s1. The number of anilines is 1. The van der Waals surface area contributed by atoms with E-state index >= 15 is 0 Å². The number of hydrogen-bond donors (Lipinski definition) is 1. The zero-order valence-corrected chi connectivity index (χ0v) is 12.0. The lowest BCUT2D eigenvalue weighted by atomic mass is 9.97. The molecule has 0 unspecified atom stereocenters. The minimum absolute atomic E-state index is 0.00495. The number of piperidine rings is 1. The van der Waals surface area contributed by atoms with Crippen LogP contribution >= 0.6 is 11.8 Å². The summed E-state index contributed by atoms with van der Waals surface area (Å²) in [4.78, 5) is 27.0. The highest BCUT2D eigenvalue weighted by Crippen LogP contribution is 2.21. The smallest absolute Gasteiger partial charge is 0.230 e. The largest absolute Gasteiger partial charge is 0.355 e. The van der Waals surface area contributed by atoms with Crippen LogP contribution in [-0.2, 0) is 4.79 Å². The van der Waals surface area contributed by atoms with Gasteiger partial charge in [0, 0.05) is 31.2 Å². The molecule has 6 nitrogen and oxygen atoms in total. The number of amides is 1. The normalized spacial score (nSPS) is 22.5. The molecule has 1 atom stereocenters. The molecule has 0 aliphatic carbocycles. The summed E-state index contributed by atoms with van der Waals surface area (Å²) < 4.78 is 0. The number of nitrogens with one attached hydrogen (secondary N) is 1. The molecule has 1 saturated heterocycles. The second-order valence-corrected chi connectivity index (χ2v) is 5.96. The summed E-state index contributed by atoms with van der Waals surface area (Å²) in [6.45, 7) is 2.43. The fourth-order valence-corrected chi connectivity index (χ4v) is 3.20. The zero-order chi connectivity index (χ0) is 13.8. The number of nitrogens with zero attached hydrogens (tertiary/aromatic N) is 4. The minimum atomic E-state index is -0.00495. The summed E-state index contributed by atoms with van der Waals surface area (Å²) >= 11 is 1.61. The Balaban J connectivity index is 1.61. The molecule has 2 aliphatic heterocycles. The summed E-state index contributed by atoms with van der Waals surface area (Å²) in [5.74, 6) is 1.88. The first-order chi connectivity index (χ1) is 9.83. The molecule has 20 heavy (non-hydrogen) atoms. The number of aromatic nitrogens is 2. The monoisotopic (exact) mass is 291 g/mol. The molecule has 3 heterocycles. The third-order valence-electron chi connectivity index (χ3n) is 3.48. The molecule has 3 rings (SSSR count). The SMILES string of the molecule is O=C(NC1=NCCS1)[C@H]1CCCN(c2cnccn2)C1. The first kappa shape index (κ1) is 13.4. The van der Waals surface area contributed by atoms with Crippen molar-refractivity contribution in [2.75, 3.05) is 30.3 Å². The van der Waals surface area contributed by atoms with Gasteiger partial charge in [-0.1, -0.05) is 11.8 Å². The van der Waals surface area contributed by atoms with Crippen molar-refractivity contribution in [3.05, 3.63) is 18.6 Å². The summed E-state index contributed by atoms with van der Waals surface area (Å²) in [7, 11) is 0. The molecule has 1 aromatic rings. The summed E-state index contributed by atoms with van der Waals surface area (Å²) in [5, 5.41) is 3.70. The predicted molar refractivity (Wildman–Crippen MR) is 79.9 cm³/mol. The van der Waals surface area contributed by atoms with E-state index in [4.69, 9.17) is 0 Å². The number of aliphatic imine (C=N–C) groups is 1. The van der Waals surface area contributed by atoms with E-state index in [0.717, 1.165) is 42.7 Å². The highest BCUT2D eigenvalue weighted by atomic mass is 32.2. The number of rotatable bonds is 2. The average molecular weight is 291 g/mol. The van der Waals surface area contributed by atoms with E-state index in [0.29, 0.717) is 6.54 Å². The Kier molecular flexibility index (Phi) is 4.15. The molecule has 1 N–H and O–H groups in total. The Labute approximate surface area is 122 Å². The first-order valence-corrected chi connectivity index (χ1v) is 7.80. The highest BCUT2D eigenvalue weighted by Gasteiger charge is 2.27. The number of carbonyl (C=O) groups is 1. The van der Waals surface area contributed by atoms with Gasteiger partial charge in [0.1, 0.15) is 5.82 Å². The van der Waals surface area contributed by atoms with Crippen LogP contribution < -0.4 is 10.2 Å². The van der Waals surface area contributed by atoms with Gasteiger partial charge in [0.25, 0.3) is 0 Å². The Hall–Kier alpha value is -1.63. The van der Waals surface area contributed by atoms with E-state index in [2.05, 4.69) is 25.2 Å². The maximum absolute atomic E-state index is 12.3. The Morgan fingerprint density at radius 2 is 2.40 bits per heavy atom. The van der Waals surface area contributed by atoms with Crippen LogP contribution in [0, 0.1) is 5.92 Å². The Bertz CT molecular complexity index is 507.